The Morgan fingerprint density at radius 3 is 2.95 bits per heavy atom. The largest absolute Gasteiger partial charge is 0.481 e. The molecular formula is C15H15BrClNO3. The van der Waals surface area contributed by atoms with Gasteiger partial charge in [-0.3, -0.25) is 4.79 Å². The molecule has 6 heteroatoms. The Hall–Kier alpha value is -1.30. The SMILES string of the molecule is CC(Oc1ccc(Br)cc1Cl)C(=O)CNCc1ccco1. The van der Waals surface area contributed by atoms with Gasteiger partial charge in [0.15, 0.2) is 11.9 Å². The Bertz CT molecular complexity index is 601. The highest BCUT2D eigenvalue weighted by Gasteiger charge is 2.16. The summed E-state index contributed by atoms with van der Waals surface area (Å²) in [5, 5.41) is 3.48. The highest BCUT2D eigenvalue weighted by Crippen LogP contribution is 2.28. The maximum atomic E-state index is 12.0. The molecule has 0 aliphatic carbocycles. The van der Waals surface area contributed by atoms with Crippen molar-refractivity contribution in [3.8, 4) is 5.75 Å². The van der Waals surface area contributed by atoms with Crippen LogP contribution in [-0.4, -0.2) is 18.4 Å². The maximum Gasteiger partial charge on any atom is 0.186 e. The summed E-state index contributed by atoms with van der Waals surface area (Å²) in [6, 6.07) is 8.92. The highest BCUT2D eigenvalue weighted by molar-refractivity contribution is 9.10. The predicted octanol–water partition coefficient (Wildman–Crippen LogP) is 3.82. The second kappa shape index (κ2) is 7.64. The number of hydrogen-bond donors (Lipinski definition) is 1. The number of rotatable bonds is 7. The molecule has 0 aliphatic rings. The molecule has 0 saturated heterocycles. The van der Waals surface area contributed by atoms with E-state index in [4.69, 9.17) is 20.8 Å². The third-order valence-electron chi connectivity index (χ3n) is 2.83. The van der Waals surface area contributed by atoms with Crippen molar-refractivity contribution in [2.45, 2.75) is 19.6 Å². The standard InChI is InChI=1S/C15H15BrClNO3/c1-10(21-15-5-4-11(16)7-13(15)17)14(19)9-18-8-12-3-2-6-20-12/h2-7,10,18H,8-9H2,1H3. The summed E-state index contributed by atoms with van der Waals surface area (Å²) in [6.07, 6.45) is 1.02. The minimum Gasteiger partial charge on any atom is -0.481 e. The zero-order valence-electron chi connectivity index (χ0n) is 11.4. The highest BCUT2D eigenvalue weighted by atomic mass is 79.9. The molecule has 1 N–H and O–H groups in total. The van der Waals surface area contributed by atoms with Crippen LogP contribution in [-0.2, 0) is 11.3 Å². The van der Waals surface area contributed by atoms with Crippen molar-refractivity contribution < 1.29 is 13.9 Å². The van der Waals surface area contributed by atoms with Gasteiger partial charge in [-0.15, -0.1) is 0 Å². The first-order chi connectivity index (χ1) is 10.1. The summed E-state index contributed by atoms with van der Waals surface area (Å²) in [5.74, 6) is 1.22. The fraction of sp³-hybridized carbons (Fsp3) is 0.267. The molecule has 2 aromatic rings. The van der Waals surface area contributed by atoms with Crippen molar-refractivity contribution in [2.75, 3.05) is 6.54 Å². The van der Waals surface area contributed by atoms with Crippen LogP contribution >= 0.6 is 27.5 Å². The van der Waals surface area contributed by atoms with Gasteiger partial charge in [0.05, 0.1) is 24.4 Å². The van der Waals surface area contributed by atoms with E-state index in [9.17, 15) is 4.79 Å². The first-order valence-corrected chi connectivity index (χ1v) is 7.61. The lowest BCUT2D eigenvalue weighted by atomic mass is 10.2. The summed E-state index contributed by atoms with van der Waals surface area (Å²) in [7, 11) is 0. The van der Waals surface area contributed by atoms with E-state index in [0.29, 0.717) is 17.3 Å². The summed E-state index contributed by atoms with van der Waals surface area (Å²) in [6.45, 7) is 2.41. The number of ketones is 1. The normalized spacial score (nSPS) is 12.1. The summed E-state index contributed by atoms with van der Waals surface area (Å²) >= 11 is 9.37. The van der Waals surface area contributed by atoms with E-state index in [1.807, 2.05) is 12.1 Å². The predicted molar refractivity (Wildman–Crippen MR) is 84.7 cm³/mol. The molecule has 1 unspecified atom stereocenters. The minimum absolute atomic E-state index is 0.0551. The molecule has 0 spiro atoms. The Balaban J connectivity index is 1.81. The monoisotopic (exact) mass is 371 g/mol. The summed E-state index contributed by atoms with van der Waals surface area (Å²) in [4.78, 5) is 12.0. The van der Waals surface area contributed by atoms with Crippen LogP contribution in [0.1, 0.15) is 12.7 Å². The topological polar surface area (TPSA) is 51.5 Å². The lowest BCUT2D eigenvalue weighted by Crippen LogP contribution is -2.33. The molecule has 0 bridgehead atoms. The Morgan fingerprint density at radius 1 is 1.48 bits per heavy atom. The van der Waals surface area contributed by atoms with Crippen LogP contribution in [0.4, 0.5) is 0 Å². The van der Waals surface area contributed by atoms with Crippen LogP contribution in [0.15, 0.2) is 45.5 Å². The molecule has 1 atom stereocenters. The van der Waals surface area contributed by atoms with Crippen molar-refractivity contribution in [1.29, 1.82) is 0 Å². The molecule has 0 saturated carbocycles. The average molecular weight is 373 g/mol. The molecule has 21 heavy (non-hydrogen) atoms. The molecule has 1 heterocycles. The molecule has 112 valence electrons. The van der Waals surface area contributed by atoms with Gasteiger partial charge in [-0.2, -0.15) is 0 Å². The first-order valence-electron chi connectivity index (χ1n) is 6.44. The third kappa shape index (κ3) is 4.88. The van der Waals surface area contributed by atoms with Gasteiger partial charge in [-0.1, -0.05) is 27.5 Å². The molecule has 0 radical (unpaired) electrons. The Morgan fingerprint density at radius 2 is 2.29 bits per heavy atom. The molecule has 0 aliphatic heterocycles. The van der Waals surface area contributed by atoms with Crippen molar-refractivity contribution in [2.24, 2.45) is 0 Å². The lowest BCUT2D eigenvalue weighted by molar-refractivity contribution is -0.124. The fourth-order valence-electron chi connectivity index (χ4n) is 1.69. The number of ether oxygens (including phenoxy) is 1. The zero-order chi connectivity index (χ0) is 15.2. The van der Waals surface area contributed by atoms with Crippen LogP contribution < -0.4 is 10.1 Å². The van der Waals surface area contributed by atoms with Gasteiger partial charge in [0.1, 0.15) is 11.5 Å². The van der Waals surface area contributed by atoms with E-state index in [1.54, 1.807) is 31.4 Å². The van der Waals surface area contributed by atoms with Gasteiger partial charge in [0.2, 0.25) is 0 Å². The van der Waals surface area contributed by atoms with E-state index in [1.165, 1.54) is 0 Å². The smallest absolute Gasteiger partial charge is 0.186 e. The number of nitrogens with one attached hydrogen (secondary N) is 1. The van der Waals surface area contributed by atoms with Gasteiger partial charge >= 0.3 is 0 Å². The number of furan rings is 1. The van der Waals surface area contributed by atoms with Crippen molar-refractivity contribution >= 4 is 33.3 Å². The van der Waals surface area contributed by atoms with E-state index >= 15 is 0 Å². The minimum atomic E-state index is -0.576. The van der Waals surface area contributed by atoms with Gasteiger partial charge in [-0.25, -0.2) is 0 Å². The molecule has 4 nitrogen and oxygen atoms in total. The summed E-state index contributed by atoms with van der Waals surface area (Å²) < 4.78 is 11.6. The third-order valence-corrected chi connectivity index (χ3v) is 3.62. The van der Waals surface area contributed by atoms with E-state index < -0.39 is 6.10 Å². The van der Waals surface area contributed by atoms with Crippen molar-refractivity contribution in [3.05, 3.63) is 51.9 Å². The van der Waals surface area contributed by atoms with Crippen LogP contribution in [0.5, 0.6) is 5.75 Å². The maximum absolute atomic E-state index is 12.0. The van der Waals surface area contributed by atoms with Crippen molar-refractivity contribution in [1.82, 2.24) is 5.32 Å². The van der Waals surface area contributed by atoms with Crippen LogP contribution in [0.25, 0.3) is 0 Å². The van der Waals surface area contributed by atoms with Gasteiger partial charge in [-0.05, 0) is 37.3 Å². The second-order valence-corrected chi connectivity index (χ2v) is 5.81. The number of carbonyl (C=O) groups is 1. The second-order valence-electron chi connectivity index (χ2n) is 4.48. The van der Waals surface area contributed by atoms with Gasteiger partial charge < -0.3 is 14.5 Å². The number of benzene rings is 1. The molecule has 1 aromatic heterocycles. The van der Waals surface area contributed by atoms with Crippen LogP contribution in [0, 0.1) is 0 Å². The van der Waals surface area contributed by atoms with E-state index in [0.717, 1.165) is 10.2 Å². The number of carbonyl (C=O) groups excluding carboxylic acids is 1. The quantitative estimate of drug-likeness (QED) is 0.803. The number of halogens is 2. The van der Waals surface area contributed by atoms with Crippen molar-refractivity contribution in [3.63, 3.8) is 0 Å². The molecule has 2 rings (SSSR count). The molecular weight excluding hydrogens is 358 g/mol. The van der Waals surface area contributed by atoms with E-state index in [-0.39, 0.29) is 12.3 Å². The number of hydrogen-bond acceptors (Lipinski definition) is 4. The lowest BCUT2D eigenvalue weighted by Gasteiger charge is -2.15. The van der Waals surface area contributed by atoms with E-state index in [2.05, 4.69) is 21.2 Å². The van der Waals surface area contributed by atoms with Gasteiger partial charge in [0.25, 0.3) is 0 Å². The van der Waals surface area contributed by atoms with Gasteiger partial charge in [0, 0.05) is 4.47 Å². The fourth-order valence-corrected chi connectivity index (χ4v) is 2.41. The zero-order valence-corrected chi connectivity index (χ0v) is 13.8. The first kappa shape index (κ1) is 16.1. The van der Waals surface area contributed by atoms with Crippen LogP contribution in [0.3, 0.4) is 0 Å². The average Bonchev–Trinajstić information content (AvgIpc) is 2.95. The Labute approximate surface area is 136 Å². The summed E-state index contributed by atoms with van der Waals surface area (Å²) in [5.41, 5.74) is 0. The molecule has 1 aromatic carbocycles. The Kier molecular flexibility index (Phi) is 5.85. The molecule has 0 amide bonds. The molecule has 0 fully saturated rings. The van der Waals surface area contributed by atoms with Crippen LogP contribution in [0.2, 0.25) is 5.02 Å². The number of Topliss-reactive ketones (excluding diaryl/α,β-unsaturated/α-hetero) is 1.